The lowest BCUT2D eigenvalue weighted by molar-refractivity contribution is 0.147. The average Bonchev–Trinajstić information content (AvgIpc) is 2.30. The Morgan fingerprint density at radius 2 is 1.84 bits per heavy atom. The van der Waals surface area contributed by atoms with Crippen molar-refractivity contribution in [3.8, 4) is 5.75 Å². The zero-order valence-corrected chi connectivity index (χ0v) is 14.3. The lowest BCUT2D eigenvalue weighted by Crippen LogP contribution is -2.37. The third-order valence-electron chi connectivity index (χ3n) is 3.06. The lowest BCUT2D eigenvalue weighted by Gasteiger charge is -2.24. The number of hydrogen-bond acceptors (Lipinski definition) is 2. The highest BCUT2D eigenvalue weighted by Crippen LogP contribution is 2.24. The van der Waals surface area contributed by atoms with Gasteiger partial charge in [0, 0.05) is 11.0 Å². The summed E-state index contributed by atoms with van der Waals surface area (Å²) in [6.07, 6.45) is 0.207. The van der Waals surface area contributed by atoms with E-state index in [-0.39, 0.29) is 6.10 Å². The molecule has 0 aliphatic heterocycles. The number of rotatable bonds is 7. The van der Waals surface area contributed by atoms with Gasteiger partial charge in [0.2, 0.25) is 0 Å². The van der Waals surface area contributed by atoms with Crippen LogP contribution >= 0.6 is 15.9 Å². The molecule has 0 aromatic heterocycles. The maximum atomic E-state index is 6.16. The summed E-state index contributed by atoms with van der Waals surface area (Å²) in [6.45, 7) is 12.9. The maximum Gasteiger partial charge on any atom is 0.122 e. The molecule has 1 rings (SSSR count). The molecule has 0 heterocycles. The summed E-state index contributed by atoms with van der Waals surface area (Å²) >= 11 is 3.48. The van der Waals surface area contributed by atoms with Crippen molar-refractivity contribution in [1.82, 2.24) is 5.32 Å². The Hall–Kier alpha value is -0.540. The van der Waals surface area contributed by atoms with Gasteiger partial charge in [-0.15, -0.1) is 0 Å². The molecule has 1 atom stereocenters. The average molecular weight is 328 g/mol. The minimum absolute atomic E-state index is 0.207. The van der Waals surface area contributed by atoms with E-state index in [2.05, 4.69) is 61.9 Å². The van der Waals surface area contributed by atoms with E-state index in [9.17, 15) is 0 Å². The van der Waals surface area contributed by atoms with Gasteiger partial charge in [-0.05, 0) is 49.1 Å². The zero-order chi connectivity index (χ0) is 14.4. The first kappa shape index (κ1) is 16.5. The van der Waals surface area contributed by atoms with Crippen LogP contribution in [0.3, 0.4) is 0 Å². The zero-order valence-electron chi connectivity index (χ0n) is 12.7. The quantitative estimate of drug-likeness (QED) is 0.801. The Morgan fingerprint density at radius 3 is 2.37 bits per heavy atom. The molecule has 0 amide bonds. The smallest absolute Gasteiger partial charge is 0.122 e. The molecule has 0 bridgehead atoms. The summed E-state index contributed by atoms with van der Waals surface area (Å²) in [6, 6.07) is 6.16. The largest absolute Gasteiger partial charge is 0.489 e. The third kappa shape index (κ3) is 5.96. The van der Waals surface area contributed by atoms with Gasteiger partial charge in [-0.2, -0.15) is 0 Å². The molecule has 1 N–H and O–H groups in total. The molecule has 0 saturated heterocycles. The molecule has 0 radical (unpaired) electrons. The van der Waals surface area contributed by atoms with E-state index in [0.29, 0.717) is 11.8 Å². The standard InChI is InChI=1S/C16H26BrNO/c1-11(2)9-18-10-16(12(3)4)19-15-7-6-14(17)8-13(15)5/h6-8,11-12,16,18H,9-10H2,1-5H3. The van der Waals surface area contributed by atoms with Gasteiger partial charge in [-0.25, -0.2) is 0 Å². The van der Waals surface area contributed by atoms with E-state index >= 15 is 0 Å². The SMILES string of the molecule is Cc1cc(Br)ccc1OC(CNCC(C)C)C(C)C. The minimum atomic E-state index is 0.207. The molecule has 3 heteroatoms. The van der Waals surface area contributed by atoms with E-state index in [1.54, 1.807) is 0 Å². The molecule has 0 aliphatic carbocycles. The highest BCUT2D eigenvalue weighted by Gasteiger charge is 2.16. The first-order valence-corrected chi connectivity index (χ1v) is 7.83. The second kappa shape index (κ2) is 7.91. The molecular weight excluding hydrogens is 302 g/mol. The number of ether oxygens (including phenoxy) is 1. The van der Waals surface area contributed by atoms with E-state index < -0.39 is 0 Å². The third-order valence-corrected chi connectivity index (χ3v) is 3.55. The van der Waals surface area contributed by atoms with Gasteiger partial charge in [-0.1, -0.05) is 43.6 Å². The summed E-state index contributed by atoms with van der Waals surface area (Å²) < 4.78 is 7.25. The minimum Gasteiger partial charge on any atom is -0.489 e. The summed E-state index contributed by atoms with van der Waals surface area (Å²) in [5, 5.41) is 3.48. The van der Waals surface area contributed by atoms with Crippen LogP contribution in [0.1, 0.15) is 33.3 Å². The molecule has 0 aliphatic rings. The van der Waals surface area contributed by atoms with Crippen LogP contribution < -0.4 is 10.1 Å². The molecule has 0 saturated carbocycles. The Balaban J connectivity index is 2.62. The van der Waals surface area contributed by atoms with Crippen LogP contribution in [0.2, 0.25) is 0 Å². The highest BCUT2D eigenvalue weighted by atomic mass is 79.9. The molecule has 2 nitrogen and oxygen atoms in total. The lowest BCUT2D eigenvalue weighted by atomic mass is 10.1. The van der Waals surface area contributed by atoms with Crippen LogP contribution in [0.15, 0.2) is 22.7 Å². The van der Waals surface area contributed by atoms with E-state index in [1.165, 1.54) is 5.56 Å². The first-order valence-electron chi connectivity index (χ1n) is 7.03. The molecule has 1 unspecified atom stereocenters. The van der Waals surface area contributed by atoms with Crippen molar-refractivity contribution in [3.05, 3.63) is 28.2 Å². The summed E-state index contributed by atoms with van der Waals surface area (Å²) in [5.74, 6) is 2.14. The van der Waals surface area contributed by atoms with Crippen LogP contribution in [0.4, 0.5) is 0 Å². The van der Waals surface area contributed by atoms with Gasteiger partial charge >= 0.3 is 0 Å². The van der Waals surface area contributed by atoms with Crippen molar-refractivity contribution >= 4 is 15.9 Å². The maximum absolute atomic E-state index is 6.16. The topological polar surface area (TPSA) is 21.3 Å². The van der Waals surface area contributed by atoms with Crippen LogP contribution in [0.25, 0.3) is 0 Å². The number of aryl methyl sites for hydroxylation is 1. The van der Waals surface area contributed by atoms with Crippen molar-refractivity contribution in [2.45, 2.75) is 40.7 Å². The Bertz CT molecular complexity index is 390. The number of halogens is 1. The fourth-order valence-electron chi connectivity index (χ4n) is 1.84. The van der Waals surface area contributed by atoms with Crippen molar-refractivity contribution in [2.24, 2.45) is 11.8 Å². The van der Waals surface area contributed by atoms with Crippen molar-refractivity contribution in [1.29, 1.82) is 0 Å². The van der Waals surface area contributed by atoms with Crippen LogP contribution in [-0.4, -0.2) is 19.2 Å². The van der Waals surface area contributed by atoms with Crippen LogP contribution in [0.5, 0.6) is 5.75 Å². The fraction of sp³-hybridized carbons (Fsp3) is 0.625. The van der Waals surface area contributed by atoms with E-state index in [0.717, 1.165) is 23.3 Å². The van der Waals surface area contributed by atoms with Gasteiger partial charge in [0.05, 0.1) is 0 Å². The summed E-state index contributed by atoms with van der Waals surface area (Å²) in [5.41, 5.74) is 1.17. The molecule has 1 aromatic rings. The molecule has 19 heavy (non-hydrogen) atoms. The number of nitrogens with one attached hydrogen (secondary N) is 1. The first-order chi connectivity index (χ1) is 8.90. The summed E-state index contributed by atoms with van der Waals surface area (Å²) in [7, 11) is 0. The van der Waals surface area contributed by atoms with Gasteiger partial charge in [0.1, 0.15) is 11.9 Å². The monoisotopic (exact) mass is 327 g/mol. The predicted octanol–water partition coefficient (Wildman–Crippen LogP) is 4.41. The van der Waals surface area contributed by atoms with Crippen LogP contribution in [-0.2, 0) is 0 Å². The number of hydrogen-bond donors (Lipinski definition) is 1. The highest BCUT2D eigenvalue weighted by molar-refractivity contribution is 9.10. The van der Waals surface area contributed by atoms with Crippen LogP contribution in [0, 0.1) is 18.8 Å². The van der Waals surface area contributed by atoms with Crippen molar-refractivity contribution in [2.75, 3.05) is 13.1 Å². The Morgan fingerprint density at radius 1 is 1.16 bits per heavy atom. The Labute approximate surface area is 126 Å². The van der Waals surface area contributed by atoms with E-state index in [1.807, 2.05) is 12.1 Å². The van der Waals surface area contributed by atoms with Gasteiger partial charge in [0.15, 0.2) is 0 Å². The predicted molar refractivity (Wildman–Crippen MR) is 85.8 cm³/mol. The number of benzene rings is 1. The second-order valence-corrected chi connectivity index (χ2v) is 6.78. The van der Waals surface area contributed by atoms with Gasteiger partial charge < -0.3 is 10.1 Å². The van der Waals surface area contributed by atoms with Gasteiger partial charge in [-0.3, -0.25) is 0 Å². The summed E-state index contributed by atoms with van der Waals surface area (Å²) in [4.78, 5) is 0. The van der Waals surface area contributed by atoms with E-state index in [4.69, 9.17) is 4.74 Å². The molecular formula is C16H26BrNO. The van der Waals surface area contributed by atoms with Crippen molar-refractivity contribution in [3.63, 3.8) is 0 Å². The Kier molecular flexibility index (Phi) is 6.87. The fourth-order valence-corrected chi connectivity index (χ4v) is 2.31. The molecule has 108 valence electrons. The molecule has 0 spiro atoms. The molecule has 1 aromatic carbocycles. The molecule has 0 fully saturated rings. The second-order valence-electron chi connectivity index (χ2n) is 5.86. The normalized spacial score (nSPS) is 13.1. The van der Waals surface area contributed by atoms with Crippen molar-refractivity contribution < 1.29 is 4.74 Å². The van der Waals surface area contributed by atoms with Gasteiger partial charge in [0.25, 0.3) is 0 Å².